The van der Waals surface area contributed by atoms with Crippen LogP contribution in [0.2, 0.25) is 0 Å². The van der Waals surface area contributed by atoms with E-state index in [1.807, 2.05) is 17.0 Å². The molecule has 1 saturated carbocycles. The molecule has 0 bridgehead atoms. The molecule has 1 aliphatic heterocycles. The number of benzene rings is 1. The van der Waals surface area contributed by atoms with Gasteiger partial charge in [-0.1, -0.05) is 0 Å². The summed E-state index contributed by atoms with van der Waals surface area (Å²) in [5, 5.41) is 4.43. The van der Waals surface area contributed by atoms with Crippen molar-refractivity contribution < 1.29 is 22.3 Å². The molecule has 0 N–H and O–H groups in total. The fourth-order valence-corrected chi connectivity index (χ4v) is 4.24. The van der Waals surface area contributed by atoms with Crippen molar-refractivity contribution in [2.75, 3.05) is 6.61 Å². The topological polar surface area (TPSA) is 78.6 Å². The van der Waals surface area contributed by atoms with E-state index < -0.39 is 17.6 Å². The maximum atomic E-state index is 15.0. The normalized spacial score (nSPS) is 18.5. The van der Waals surface area contributed by atoms with Gasteiger partial charge in [-0.3, -0.25) is 4.68 Å². The number of alkyl halides is 3. The van der Waals surface area contributed by atoms with Gasteiger partial charge in [0.2, 0.25) is 0 Å². The lowest BCUT2D eigenvalue weighted by Crippen LogP contribution is -2.12. The van der Waals surface area contributed by atoms with Gasteiger partial charge in [-0.2, -0.15) is 18.3 Å². The van der Waals surface area contributed by atoms with Gasteiger partial charge in [-0.05, 0) is 56.0 Å². The summed E-state index contributed by atoms with van der Waals surface area (Å²) in [5.74, 6) is -0.746. The molecule has 3 aromatic heterocycles. The molecule has 6 rings (SSSR count). The summed E-state index contributed by atoms with van der Waals surface area (Å²) in [6.07, 6.45) is 4.85. The summed E-state index contributed by atoms with van der Waals surface area (Å²) in [7, 11) is 0. The zero-order valence-corrected chi connectivity index (χ0v) is 19.1. The van der Waals surface area contributed by atoms with E-state index in [1.165, 1.54) is 6.20 Å². The van der Waals surface area contributed by atoms with Gasteiger partial charge >= 0.3 is 6.18 Å². The lowest BCUT2D eigenvalue weighted by atomic mass is 10.0. The standard InChI is InChI=1S/C25H20F4N6O/c1-13-10-30-22-21(18-5-2-16(9-19(18)26)25(27,28)29)33-23(34-24(22)32-13)14-6-7-36-20(8-14)15-11-31-35(12-15)17-3-4-17/h2,5,8-12,17,20H,3-4,6-7H2,1H3/t20-/m1/s1. The number of hydrogen-bond acceptors (Lipinski definition) is 6. The Hall–Kier alpha value is -3.73. The largest absolute Gasteiger partial charge is 0.416 e. The molecule has 2 aliphatic rings. The van der Waals surface area contributed by atoms with Crippen LogP contribution < -0.4 is 0 Å². The highest BCUT2D eigenvalue weighted by molar-refractivity contribution is 5.88. The van der Waals surface area contributed by atoms with Crippen molar-refractivity contribution in [3.63, 3.8) is 0 Å². The van der Waals surface area contributed by atoms with Gasteiger partial charge in [0, 0.05) is 23.5 Å². The zero-order valence-electron chi connectivity index (χ0n) is 19.1. The van der Waals surface area contributed by atoms with E-state index in [-0.39, 0.29) is 28.5 Å². The van der Waals surface area contributed by atoms with Gasteiger partial charge in [-0.15, -0.1) is 0 Å². The first-order valence-electron chi connectivity index (χ1n) is 11.5. The molecule has 4 heterocycles. The summed E-state index contributed by atoms with van der Waals surface area (Å²) in [5.41, 5.74) is 1.61. The van der Waals surface area contributed by atoms with Gasteiger partial charge in [-0.25, -0.2) is 24.3 Å². The van der Waals surface area contributed by atoms with Gasteiger partial charge in [0.15, 0.2) is 11.5 Å². The quantitative estimate of drug-likeness (QED) is 0.341. The first-order chi connectivity index (χ1) is 17.3. The zero-order chi connectivity index (χ0) is 25.0. The van der Waals surface area contributed by atoms with Crippen molar-refractivity contribution in [1.82, 2.24) is 29.7 Å². The molecule has 36 heavy (non-hydrogen) atoms. The number of hydrogen-bond donors (Lipinski definition) is 0. The molecule has 0 saturated heterocycles. The second-order valence-corrected chi connectivity index (χ2v) is 8.99. The Labute approximate surface area is 202 Å². The van der Waals surface area contributed by atoms with Gasteiger partial charge in [0.05, 0.1) is 30.1 Å². The highest BCUT2D eigenvalue weighted by Crippen LogP contribution is 2.37. The Morgan fingerprint density at radius 3 is 2.67 bits per heavy atom. The van der Waals surface area contributed by atoms with Crippen LogP contribution in [0.15, 0.2) is 42.9 Å². The van der Waals surface area contributed by atoms with Gasteiger partial charge in [0.1, 0.15) is 23.1 Å². The minimum atomic E-state index is -4.66. The van der Waals surface area contributed by atoms with Crippen LogP contribution in [0, 0.1) is 12.7 Å². The molecule has 1 fully saturated rings. The minimum absolute atomic E-state index is 0.0826. The molecule has 1 aliphatic carbocycles. The second-order valence-electron chi connectivity index (χ2n) is 8.99. The number of halogens is 4. The first-order valence-corrected chi connectivity index (χ1v) is 11.5. The minimum Gasteiger partial charge on any atom is -0.369 e. The van der Waals surface area contributed by atoms with Gasteiger partial charge in [0.25, 0.3) is 0 Å². The molecule has 0 radical (unpaired) electrons. The van der Waals surface area contributed by atoms with Crippen molar-refractivity contribution in [1.29, 1.82) is 0 Å². The van der Waals surface area contributed by atoms with Gasteiger partial charge < -0.3 is 4.74 Å². The molecule has 11 heteroatoms. The fraction of sp³-hybridized carbons (Fsp3) is 0.320. The highest BCUT2D eigenvalue weighted by atomic mass is 19.4. The maximum Gasteiger partial charge on any atom is 0.416 e. The van der Waals surface area contributed by atoms with Crippen LogP contribution in [-0.4, -0.2) is 36.3 Å². The molecule has 0 spiro atoms. The maximum absolute atomic E-state index is 15.0. The molecular weight excluding hydrogens is 476 g/mol. The average molecular weight is 496 g/mol. The van der Waals surface area contributed by atoms with Crippen LogP contribution in [0.5, 0.6) is 0 Å². The lowest BCUT2D eigenvalue weighted by Gasteiger charge is -2.21. The van der Waals surface area contributed by atoms with Crippen LogP contribution >= 0.6 is 0 Å². The predicted octanol–water partition coefficient (Wildman–Crippen LogP) is 5.63. The number of aryl methyl sites for hydroxylation is 1. The monoisotopic (exact) mass is 496 g/mol. The number of nitrogens with zero attached hydrogens (tertiary/aromatic N) is 6. The van der Waals surface area contributed by atoms with E-state index in [0.717, 1.165) is 36.1 Å². The van der Waals surface area contributed by atoms with E-state index >= 15 is 0 Å². The summed E-state index contributed by atoms with van der Waals surface area (Å²) in [6, 6.07) is 2.80. The number of fused-ring (bicyclic) bond motifs is 1. The molecular formula is C25H20F4N6O. The van der Waals surface area contributed by atoms with Crippen molar-refractivity contribution in [2.45, 2.75) is 44.5 Å². The van der Waals surface area contributed by atoms with Crippen LogP contribution in [0.3, 0.4) is 0 Å². The second kappa shape index (κ2) is 8.44. The third kappa shape index (κ3) is 4.23. The van der Waals surface area contributed by atoms with E-state index in [4.69, 9.17) is 4.74 Å². The van der Waals surface area contributed by atoms with Crippen LogP contribution in [0.1, 0.15) is 54.1 Å². The Kier molecular flexibility index (Phi) is 5.32. The Balaban J connectivity index is 1.45. The molecule has 0 unspecified atom stereocenters. The number of aromatic nitrogens is 6. The number of rotatable bonds is 4. The molecule has 7 nitrogen and oxygen atoms in total. The smallest absolute Gasteiger partial charge is 0.369 e. The Bertz CT molecular complexity index is 1510. The summed E-state index contributed by atoms with van der Waals surface area (Å²) in [6.45, 7) is 2.16. The lowest BCUT2D eigenvalue weighted by molar-refractivity contribution is -0.137. The molecule has 1 atom stereocenters. The van der Waals surface area contributed by atoms with Crippen molar-refractivity contribution in [3.05, 3.63) is 71.3 Å². The molecule has 4 aromatic rings. The van der Waals surface area contributed by atoms with Crippen LogP contribution in [0.4, 0.5) is 17.6 Å². The first kappa shape index (κ1) is 22.7. The SMILES string of the molecule is Cc1cnc2c(-c3ccc(C(F)(F)F)cc3F)nc(C3=C[C@H](c4cnn(C5CC5)c4)OCC3)nc2n1. The van der Waals surface area contributed by atoms with Crippen molar-refractivity contribution in [3.8, 4) is 11.3 Å². The predicted molar refractivity (Wildman–Crippen MR) is 122 cm³/mol. The van der Waals surface area contributed by atoms with Crippen LogP contribution in [0.25, 0.3) is 28.0 Å². The highest BCUT2D eigenvalue weighted by Gasteiger charge is 2.32. The van der Waals surface area contributed by atoms with Crippen LogP contribution in [-0.2, 0) is 10.9 Å². The van der Waals surface area contributed by atoms with E-state index in [9.17, 15) is 17.6 Å². The molecule has 0 amide bonds. The van der Waals surface area contributed by atoms with Crippen molar-refractivity contribution >= 4 is 16.7 Å². The summed E-state index contributed by atoms with van der Waals surface area (Å²) >= 11 is 0. The third-order valence-corrected chi connectivity index (χ3v) is 6.26. The molecule has 184 valence electrons. The summed E-state index contributed by atoms with van der Waals surface area (Å²) in [4.78, 5) is 17.9. The Morgan fingerprint density at radius 1 is 1.08 bits per heavy atom. The van der Waals surface area contributed by atoms with E-state index in [1.54, 1.807) is 13.1 Å². The van der Waals surface area contributed by atoms with E-state index in [0.29, 0.717) is 36.7 Å². The third-order valence-electron chi connectivity index (χ3n) is 6.26. The van der Waals surface area contributed by atoms with E-state index in [2.05, 4.69) is 25.0 Å². The fourth-order valence-electron chi connectivity index (χ4n) is 4.24. The average Bonchev–Trinajstić information content (AvgIpc) is 3.59. The summed E-state index contributed by atoms with van der Waals surface area (Å²) < 4.78 is 62.1. The van der Waals surface area contributed by atoms with Crippen molar-refractivity contribution in [2.24, 2.45) is 0 Å². The molecule has 1 aromatic carbocycles. The number of ether oxygens (including phenoxy) is 1. The Morgan fingerprint density at radius 2 is 1.92 bits per heavy atom.